The first-order valence-corrected chi connectivity index (χ1v) is 9.65. The van der Waals surface area contributed by atoms with E-state index in [-0.39, 0.29) is 0 Å². The topological polar surface area (TPSA) is 35.2 Å². The Hall–Kier alpha value is -2.74. The highest BCUT2D eigenvalue weighted by Crippen LogP contribution is 2.36. The van der Waals surface area contributed by atoms with Crippen LogP contribution in [-0.4, -0.2) is 0 Å². The van der Waals surface area contributed by atoms with Crippen LogP contribution in [0, 0.1) is 0 Å². The van der Waals surface area contributed by atoms with E-state index >= 15 is 0 Å². The van der Waals surface area contributed by atoms with Crippen molar-refractivity contribution in [3.8, 4) is 11.5 Å². The first-order chi connectivity index (χ1) is 13.0. The lowest BCUT2D eigenvalue weighted by Gasteiger charge is -2.20. The Labute approximate surface area is 164 Å². The molecule has 0 radical (unpaired) electrons. The van der Waals surface area contributed by atoms with Crippen molar-refractivity contribution in [3.63, 3.8) is 0 Å². The molecule has 0 aliphatic heterocycles. The fourth-order valence-corrected chi connectivity index (χ4v) is 3.17. The minimum atomic E-state index is 0.820. The van der Waals surface area contributed by atoms with Gasteiger partial charge in [-0.1, -0.05) is 62.8 Å². The second-order valence-corrected chi connectivity index (χ2v) is 6.86. The summed E-state index contributed by atoms with van der Waals surface area (Å²) in [6.45, 7) is 12.8. The number of ether oxygens (including phenoxy) is 1. The van der Waals surface area contributed by atoms with Crippen LogP contribution in [0.15, 0.2) is 83.6 Å². The molecule has 0 bridgehead atoms. The van der Waals surface area contributed by atoms with Crippen LogP contribution in [0.3, 0.4) is 0 Å². The van der Waals surface area contributed by atoms with Gasteiger partial charge in [0, 0.05) is 11.3 Å². The molecule has 0 aromatic heterocycles. The van der Waals surface area contributed by atoms with E-state index in [4.69, 9.17) is 10.5 Å². The normalized spacial score (nSPS) is 12.9. The summed E-state index contributed by atoms with van der Waals surface area (Å²) in [6.07, 6.45) is 2.96. The Balaban J connectivity index is 2.40. The van der Waals surface area contributed by atoms with Crippen LogP contribution in [0.5, 0.6) is 11.5 Å². The summed E-state index contributed by atoms with van der Waals surface area (Å²) in [7, 11) is 0. The van der Waals surface area contributed by atoms with Gasteiger partial charge in [-0.3, -0.25) is 0 Å². The molecule has 2 aromatic carbocycles. The van der Waals surface area contributed by atoms with E-state index in [2.05, 4.69) is 39.5 Å². The molecular formula is C25H31NO. The smallest absolute Gasteiger partial charge is 0.127 e. The van der Waals surface area contributed by atoms with Gasteiger partial charge in [-0.15, -0.1) is 0 Å². The van der Waals surface area contributed by atoms with Crippen molar-refractivity contribution in [3.05, 3.63) is 89.2 Å². The lowest BCUT2D eigenvalue weighted by Crippen LogP contribution is -2.05. The molecule has 0 amide bonds. The van der Waals surface area contributed by atoms with E-state index in [9.17, 15) is 0 Å². The maximum Gasteiger partial charge on any atom is 0.127 e. The van der Waals surface area contributed by atoms with Gasteiger partial charge in [0.05, 0.1) is 0 Å². The molecule has 0 fully saturated rings. The Kier molecular flexibility index (Phi) is 7.48. The van der Waals surface area contributed by atoms with Crippen LogP contribution in [0.4, 0.5) is 0 Å². The molecule has 2 N–H and O–H groups in total. The quantitative estimate of drug-likeness (QED) is 0.502. The molecule has 0 aliphatic rings. The van der Waals surface area contributed by atoms with Crippen LogP contribution in [0.2, 0.25) is 0 Å². The second-order valence-electron chi connectivity index (χ2n) is 6.86. The number of allylic oxidation sites excluding steroid dienone is 5. The molecule has 142 valence electrons. The fraction of sp³-hybridized carbons (Fsp3) is 0.280. The molecule has 0 saturated heterocycles. The minimum Gasteiger partial charge on any atom is -0.457 e. The number of hydrogen-bond donors (Lipinski definition) is 1. The summed E-state index contributed by atoms with van der Waals surface area (Å²) in [5.74, 6) is 1.65. The Bertz CT molecular complexity index is 822. The van der Waals surface area contributed by atoms with E-state index in [1.54, 1.807) is 0 Å². The first kappa shape index (κ1) is 20.6. The summed E-state index contributed by atoms with van der Waals surface area (Å²) in [6, 6.07) is 18.1. The van der Waals surface area contributed by atoms with Gasteiger partial charge < -0.3 is 10.5 Å². The van der Waals surface area contributed by atoms with Gasteiger partial charge in [0.1, 0.15) is 11.5 Å². The van der Waals surface area contributed by atoms with Crippen molar-refractivity contribution in [1.82, 2.24) is 0 Å². The summed E-state index contributed by atoms with van der Waals surface area (Å²) in [5.41, 5.74) is 13.0. The van der Waals surface area contributed by atoms with Gasteiger partial charge in [0.2, 0.25) is 0 Å². The molecule has 2 nitrogen and oxygen atoms in total. The first-order valence-electron chi connectivity index (χ1n) is 9.65. The van der Waals surface area contributed by atoms with Crippen molar-refractivity contribution in [2.24, 2.45) is 5.73 Å². The third kappa shape index (κ3) is 5.37. The van der Waals surface area contributed by atoms with Gasteiger partial charge in [-0.2, -0.15) is 0 Å². The lowest BCUT2D eigenvalue weighted by molar-refractivity contribution is 0.482. The van der Waals surface area contributed by atoms with Gasteiger partial charge in [0.15, 0.2) is 0 Å². The highest BCUT2D eigenvalue weighted by atomic mass is 16.5. The molecule has 0 aliphatic carbocycles. The van der Waals surface area contributed by atoms with E-state index in [1.807, 2.05) is 49.4 Å². The number of nitrogens with two attached hydrogens (primary N) is 1. The molecule has 2 heteroatoms. The lowest BCUT2D eigenvalue weighted by atomic mass is 9.86. The average molecular weight is 362 g/mol. The monoisotopic (exact) mass is 361 g/mol. The summed E-state index contributed by atoms with van der Waals surface area (Å²) in [4.78, 5) is 0. The molecule has 0 heterocycles. The summed E-state index contributed by atoms with van der Waals surface area (Å²) in [5, 5.41) is 0. The maximum absolute atomic E-state index is 6.29. The number of hydrogen-bond acceptors (Lipinski definition) is 2. The van der Waals surface area contributed by atoms with Crippen LogP contribution in [-0.2, 0) is 0 Å². The predicted octanol–water partition coefficient (Wildman–Crippen LogP) is 7.25. The van der Waals surface area contributed by atoms with E-state index in [0.717, 1.165) is 53.2 Å². The van der Waals surface area contributed by atoms with E-state index < -0.39 is 0 Å². The van der Waals surface area contributed by atoms with E-state index in [1.165, 1.54) is 11.1 Å². The van der Waals surface area contributed by atoms with Crippen molar-refractivity contribution in [2.75, 3.05) is 0 Å². The van der Waals surface area contributed by atoms with Crippen LogP contribution in [0.1, 0.15) is 52.5 Å². The van der Waals surface area contributed by atoms with Gasteiger partial charge in [0.25, 0.3) is 0 Å². The molecule has 27 heavy (non-hydrogen) atoms. The van der Waals surface area contributed by atoms with Crippen LogP contribution < -0.4 is 10.5 Å². The molecule has 0 saturated carbocycles. The molecule has 0 unspecified atom stereocenters. The average Bonchev–Trinajstić information content (AvgIpc) is 2.67. The SMILES string of the molecule is C=C(CCC)/C(C(=C(C)CC)c1ccc(Oc2ccccc2)cc1)=C(\C)N. The molecular weight excluding hydrogens is 330 g/mol. The zero-order valence-electron chi connectivity index (χ0n) is 17.0. The van der Waals surface area contributed by atoms with Crippen LogP contribution >= 0.6 is 0 Å². The Morgan fingerprint density at radius 3 is 2.04 bits per heavy atom. The minimum absolute atomic E-state index is 0.820. The Morgan fingerprint density at radius 2 is 1.52 bits per heavy atom. The number of benzene rings is 2. The zero-order chi connectivity index (χ0) is 19.8. The third-order valence-corrected chi connectivity index (χ3v) is 4.63. The molecule has 2 rings (SSSR count). The maximum atomic E-state index is 6.29. The van der Waals surface area contributed by atoms with Crippen molar-refractivity contribution >= 4 is 5.57 Å². The highest BCUT2D eigenvalue weighted by molar-refractivity contribution is 5.86. The van der Waals surface area contributed by atoms with Gasteiger partial charge in [-0.25, -0.2) is 0 Å². The number of rotatable bonds is 8. The van der Waals surface area contributed by atoms with Crippen molar-refractivity contribution in [1.29, 1.82) is 0 Å². The summed E-state index contributed by atoms with van der Waals surface area (Å²) >= 11 is 0. The van der Waals surface area contributed by atoms with Crippen molar-refractivity contribution in [2.45, 2.75) is 47.0 Å². The molecule has 0 spiro atoms. The third-order valence-electron chi connectivity index (χ3n) is 4.63. The standard InChI is InChI=1S/C25H31NO/c1-6-11-19(4)24(20(5)26)25(18(3)7-2)21-14-16-23(17-15-21)27-22-12-9-8-10-13-22/h8-10,12-17H,4,6-7,11,26H2,1-3,5H3/b24-20-,25-18?. The highest BCUT2D eigenvalue weighted by Gasteiger charge is 2.16. The van der Waals surface area contributed by atoms with Gasteiger partial charge in [-0.05, 0) is 67.7 Å². The van der Waals surface area contributed by atoms with E-state index in [0.29, 0.717) is 0 Å². The number of para-hydroxylation sites is 1. The fourth-order valence-electron chi connectivity index (χ4n) is 3.17. The second kappa shape index (κ2) is 9.82. The predicted molar refractivity (Wildman–Crippen MR) is 117 cm³/mol. The zero-order valence-corrected chi connectivity index (χ0v) is 17.0. The van der Waals surface area contributed by atoms with Crippen LogP contribution in [0.25, 0.3) is 5.57 Å². The van der Waals surface area contributed by atoms with Crippen molar-refractivity contribution < 1.29 is 4.74 Å². The van der Waals surface area contributed by atoms with Gasteiger partial charge >= 0.3 is 0 Å². The molecule has 0 atom stereocenters. The largest absolute Gasteiger partial charge is 0.457 e. The Morgan fingerprint density at radius 1 is 0.926 bits per heavy atom. The summed E-state index contributed by atoms with van der Waals surface area (Å²) < 4.78 is 5.92. The molecule has 2 aromatic rings.